The first-order chi connectivity index (χ1) is 9.79. The number of thiophene rings is 1. The van der Waals surface area contributed by atoms with E-state index in [1.54, 1.807) is 0 Å². The fourth-order valence-corrected chi connectivity index (χ4v) is 4.91. The van der Waals surface area contributed by atoms with Crippen molar-refractivity contribution in [2.75, 3.05) is 12.3 Å². The molecule has 1 aromatic heterocycles. The Kier molecular flexibility index (Phi) is 5.42. The maximum absolute atomic E-state index is 13.9. The van der Waals surface area contributed by atoms with E-state index < -0.39 is 20.7 Å². The van der Waals surface area contributed by atoms with Gasteiger partial charge in [0.15, 0.2) is 5.82 Å². The number of halogens is 3. The van der Waals surface area contributed by atoms with Crippen molar-refractivity contribution < 1.29 is 12.8 Å². The summed E-state index contributed by atoms with van der Waals surface area (Å²) in [6.45, 7) is 0.182. The van der Waals surface area contributed by atoms with Crippen LogP contribution in [0.3, 0.4) is 0 Å². The molecule has 1 aromatic carbocycles. The van der Waals surface area contributed by atoms with Gasteiger partial charge in [-0.1, -0.05) is 0 Å². The molecule has 0 spiro atoms. The first-order valence-corrected chi connectivity index (χ1v) is 9.66. The number of nitrogen functional groups attached to an aromatic ring is 1. The summed E-state index contributed by atoms with van der Waals surface area (Å²) in [4.78, 5) is 0.570. The molecule has 0 unspecified atom stereocenters. The number of hydrogen-bond acceptors (Lipinski definition) is 4. The van der Waals surface area contributed by atoms with Crippen LogP contribution in [0.25, 0.3) is 0 Å². The van der Waals surface area contributed by atoms with Crippen molar-refractivity contribution in [3.8, 4) is 0 Å². The number of benzene rings is 1. The Hall–Kier alpha value is -0.480. The Morgan fingerprint density at radius 3 is 2.62 bits per heavy atom. The van der Waals surface area contributed by atoms with Gasteiger partial charge in [-0.25, -0.2) is 17.5 Å². The Labute approximate surface area is 142 Å². The van der Waals surface area contributed by atoms with E-state index in [4.69, 9.17) is 5.73 Å². The van der Waals surface area contributed by atoms with Gasteiger partial charge in [0, 0.05) is 17.1 Å². The Morgan fingerprint density at radius 1 is 1.29 bits per heavy atom. The van der Waals surface area contributed by atoms with Crippen LogP contribution in [0.5, 0.6) is 0 Å². The molecular formula is C12H11Br2FN2O2S2. The molecule has 0 fully saturated rings. The van der Waals surface area contributed by atoms with Gasteiger partial charge in [-0.2, -0.15) is 0 Å². The van der Waals surface area contributed by atoms with E-state index in [-0.39, 0.29) is 16.7 Å². The molecule has 1 heterocycles. The molecular weight excluding hydrogens is 447 g/mol. The number of nitrogens with one attached hydrogen (secondary N) is 1. The summed E-state index contributed by atoms with van der Waals surface area (Å²) in [5.41, 5.74) is 5.73. The predicted octanol–water partition coefficient (Wildman–Crippen LogP) is 3.52. The topological polar surface area (TPSA) is 72.2 Å². The molecule has 0 aliphatic rings. The van der Waals surface area contributed by atoms with E-state index in [0.717, 1.165) is 14.7 Å². The number of anilines is 1. The molecule has 9 heteroatoms. The molecule has 4 nitrogen and oxygen atoms in total. The smallest absolute Gasteiger partial charge is 0.243 e. The fraction of sp³-hybridized carbons (Fsp3) is 0.167. The largest absolute Gasteiger partial charge is 0.399 e. The van der Waals surface area contributed by atoms with Crippen molar-refractivity contribution in [3.05, 3.63) is 43.2 Å². The Balaban J connectivity index is 2.12. The SMILES string of the molecule is Nc1cc(Br)c(F)c(S(=O)(=O)NCCc2ccc(Br)s2)c1. The van der Waals surface area contributed by atoms with Gasteiger partial charge in [0.1, 0.15) is 4.90 Å². The molecule has 3 N–H and O–H groups in total. The fourth-order valence-electron chi connectivity index (χ4n) is 1.65. The van der Waals surface area contributed by atoms with Crippen molar-refractivity contribution in [2.24, 2.45) is 0 Å². The average Bonchev–Trinajstić information content (AvgIpc) is 2.79. The second-order valence-corrected chi connectivity index (χ2v) is 9.31. The molecule has 2 rings (SSSR count). The molecule has 0 bridgehead atoms. The lowest BCUT2D eigenvalue weighted by atomic mass is 10.3. The summed E-state index contributed by atoms with van der Waals surface area (Å²) in [6.07, 6.45) is 0.528. The minimum Gasteiger partial charge on any atom is -0.399 e. The van der Waals surface area contributed by atoms with Crippen LogP contribution in [0.4, 0.5) is 10.1 Å². The van der Waals surface area contributed by atoms with Crippen molar-refractivity contribution in [1.82, 2.24) is 4.72 Å². The highest BCUT2D eigenvalue weighted by Gasteiger charge is 2.21. The van der Waals surface area contributed by atoms with Gasteiger partial charge in [-0.15, -0.1) is 11.3 Å². The minimum absolute atomic E-state index is 0.0186. The molecule has 0 aliphatic heterocycles. The molecule has 2 aromatic rings. The summed E-state index contributed by atoms with van der Waals surface area (Å²) in [6, 6.07) is 6.21. The monoisotopic (exact) mass is 456 g/mol. The lowest BCUT2D eigenvalue weighted by molar-refractivity contribution is 0.554. The standard InChI is InChI=1S/C12H11Br2FN2O2S2/c13-9-5-7(16)6-10(12(9)15)21(18,19)17-4-3-8-1-2-11(14)20-8/h1-2,5-6,17H,3-4,16H2. The zero-order valence-corrected chi connectivity index (χ0v) is 15.4. The summed E-state index contributed by atoms with van der Waals surface area (Å²) in [7, 11) is -3.94. The molecule has 21 heavy (non-hydrogen) atoms. The third kappa shape index (κ3) is 4.26. The van der Waals surface area contributed by atoms with E-state index in [2.05, 4.69) is 36.6 Å². The Morgan fingerprint density at radius 2 is 2.00 bits per heavy atom. The van der Waals surface area contributed by atoms with Crippen LogP contribution in [-0.4, -0.2) is 15.0 Å². The van der Waals surface area contributed by atoms with E-state index in [1.807, 2.05) is 12.1 Å². The molecule has 0 saturated carbocycles. The van der Waals surface area contributed by atoms with E-state index in [0.29, 0.717) is 6.42 Å². The normalized spacial score (nSPS) is 11.8. The van der Waals surface area contributed by atoms with Crippen molar-refractivity contribution >= 4 is 58.9 Å². The lowest BCUT2D eigenvalue weighted by Gasteiger charge is -2.09. The van der Waals surface area contributed by atoms with Crippen LogP contribution in [-0.2, 0) is 16.4 Å². The zero-order chi connectivity index (χ0) is 15.6. The number of nitrogens with two attached hydrogens (primary N) is 1. The van der Waals surface area contributed by atoms with Gasteiger partial charge < -0.3 is 5.73 Å². The van der Waals surface area contributed by atoms with Gasteiger partial charge in [-0.3, -0.25) is 0 Å². The number of rotatable bonds is 5. The third-order valence-corrected chi connectivity index (χ3v) is 6.32. The highest BCUT2D eigenvalue weighted by Crippen LogP contribution is 2.26. The van der Waals surface area contributed by atoms with Crippen LogP contribution in [0.15, 0.2) is 37.4 Å². The molecule has 114 valence electrons. The molecule has 0 radical (unpaired) electrons. The van der Waals surface area contributed by atoms with E-state index >= 15 is 0 Å². The van der Waals surface area contributed by atoms with Crippen LogP contribution in [0.2, 0.25) is 0 Å². The van der Waals surface area contributed by atoms with E-state index in [1.165, 1.54) is 17.4 Å². The average molecular weight is 458 g/mol. The van der Waals surface area contributed by atoms with Crippen LogP contribution in [0.1, 0.15) is 4.88 Å². The van der Waals surface area contributed by atoms with Gasteiger partial charge in [-0.05, 0) is 62.5 Å². The Bertz CT molecular complexity index is 763. The van der Waals surface area contributed by atoms with Crippen LogP contribution >= 0.6 is 43.2 Å². The van der Waals surface area contributed by atoms with Crippen LogP contribution < -0.4 is 10.5 Å². The molecule has 0 saturated heterocycles. The van der Waals surface area contributed by atoms with Gasteiger partial charge in [0.2, 0.25) is 10.0 Å². The van der Waals surface area contributed by atoms with Crippen molar-refractivity contribution in [3.63, 3.8) is 0 Å². The number of sulfonamides is 1. The molecule has 0 aliphatic carbocycles. The van der Waals surface area contributed by atoms with E-state index in [9.17, 15) is 12.8 Å². The summed E-state index contributed by atoms with van der Waals surface area (Å²) >= 11 is 7.81. The van der Waals surface area contributed by atoms with Gasteiger partial charge in [0.25, 0.3) is 0 Å². The summed E-state index contributed by atoms with van der Waals surface area (Å²) < 4.78 is 41.5. The quantitative estimate of drug-likeness (QED) is 0.674. The highest BCUT2D eigenvalue weighted by atomic mass is 79.9. The highest BCUT2D eigenvalue weighted by molar-refractivity contribution is 9.11. The first kappa shape index (κ1) is 16.9. The van der Waals surface area contributed by atoms with Crippen molar-refractivity contribution in [2.45, 2.75) is 11.3 Å². The van der Waals surface area contributed by atoms with Crippen molar-refractivity contribution in [1.29, 1.82) is 0 Å². The summed E-state index contributed by atoms with van der Waals surface area (Å²) in [5.74, 6) is -0.851. The summed E-state index contributed by atoms with van der Waals surface area (Å²) in [5, 5.41) is 0. The van der Waals surface area contributed by atoms with Gasteiger partial charge in [0.05, 0.1) is 8.26 Å². The second kappa shape index (κ2) is 6.74. The third-order valence-electron chi connectivity index (χ3n) is 2.60. The zero-order valence-electron chi connectivity index (χ0n) is 10.6. The van der Waals surface area contributed by atoms with Crippen LogP contribution in [0, 0.1) is 5.82 Å². The van der Waals surface area contributed by atoms with Gasteiger partial charge >= 0.3 is 0 Å². The predicted molar refractivity (Wildman–Crippen MR) is 89.4 cm³/mol. The number of hydrogen-bond donors (Lipinski definition) is 2. The lowest BCUT2D eigenvalue weighted by Crippen LogP contribution is -2.26. The molecule has 0 atom stereocenters. The molecule has 0 amide bonds. The second-order valence-electron chi connectivity index (χ2n) is 4.17. The minimum atomic E-state index is -3.94. The first-order valence-electron chi connectivity index (χ1n) is 5.78. The maximum atomic E-state index is 13.9. The maximum Gasteiger partial charge on any atom is 0.243 e.